The maximum atomic E-state index is 9.42. The van der Waals surface area contributed by atoms with E-state index < -0.39 is 0 Å². The molecule has 0 saturated carbocycles. The van der Waals surface area contributed by atoms with Crippen molar-refractivity contribution < 1.29 is 5.11 Å². The highest BCUT2D eigenvalue weighted by Gasteiger charge is 2.24. The normalized spacial score (nSPS) is 16.4. The number of hydrogen-bond donors (Lipinski definition) is 2. The largest absolute Gasteiger partial charge is 0.393 e. The predicted octanol–water partition coefficient (Wildman–Crippen LogP) is 2.82. The summed E-state index contributed by atoms with van der Waals surface area (Å²) >= 11 is 6.30. The van der Waals surface area contributed by atoms with Crippen LogP contribution in [-0.4, -0.2) is 35.7 Å². The summed E-state index contributed by atoms with van der Waals surface area (Å²) in [5.41, 5.74) is 7.32. The Morgan fingerprint density at radius 3 is 2.53 bits per heavy atom. The molecule has 0 aliphatic rings. The van der Waals surface area contributed by atoms with Gasteiger partial charge in [0.05, 0.1) is 12.1 Å². The summed E-state index contributed by atoms with van der Waals surface area (Å²) in [6, 6.07) is 7.95. The minimum Gasteiger partial charge on any atom is -0.393 e. The molecule has 19 heavy (non-hydrogen) atoms. The molecule has 0 aliphatic heterocycles. The number of benzene rings is 1. The van der Waals surface area contributed by atoms with E-state index in [0.717, 1.165) is 30.0 Å². The summed E-state index contributed by atoms with van der Waals surface area (Å²) in [7, 11) is 2.03. The highest BCUT2D eigenvalue weighted by atomic mass is 35.5. The SMILES string of the molecule is CCC(N)C(c1ccccc1Cl)N(C)CCC(C)O. The van der Waals surface area contributed by atoms with Gasteiger partial charge in [0.2, 0.25) is 0 Å². The molecule has 0 amide bonds. The van der Waals surface area contributed by atoms with Crippen molar-refractivity contribution in [2.24, 2.45) is 5.73 Å². The van der Waals surface area contributed by atoms with Gasteiger partial charge in [0.1, 0.15) is 0 Å². The summed E-state index contributed by atoms with van der Waals surface area (Å²) in [5.74, 6) is 0. The quantitative estimate of drug-likeness (QED) is 0.809. The number of aliphatic hydroxyl groups is 1. The first-order valence-corrected chi connectivity index (χ1v) is 7.23. The summed E-state index contributed by atoms with van der Waals surface area (Å²) in [5, 5.41) is 10.2. The van der Waals surface area contributed by atoms with E-state index >= 15 is 0 Å². The monoisotopic (exact) mass is 284 g/mol. The third kappa shape index (κ3) is 4.77. The molecule has 1 aromatic carbocycles. The van der Waals surface area contributed by atoms with Crippen LogP contribution in [0.3, 0.4) is 0 Å². The zero-order valence-corrected chi connectivity index (χ0v) is 12.8. The molecular weight excluding hydrogens is 260 g/mol. The average molecular weight is 285 g/mol. The fourth-order valence-electron chi connectivity index (χ4n) is 2.26. The van der Waals surface area contributed by atoms with Crippen LogP contribution in [0.4, 0.5) is 0 Å². The molecule has 0 fully saturated rings. The van der Waals surface area contributed by atoms with E-state index in [1.807, 2.05) is 31.3 Å². The number of nitrogens with zero attached hydrogens (tertiary/aromatic N) is 1. The lowest BCUT2D eigenvalue weighted by Crippen LogP contribution is -2.40. The van der Waals surface area contributed by atoms with Crippen LogP contribution in [0, 0.1) is 0 Å². The Hall–Kier alpha value is -0.610. The van der Waals surface area contributed by atoms with Gasteiger partial charge in [-0.1, -0.05) is 36.7 Å². The Morgan fingerprint density at radius 1 is 1.37 bits per heavy atom. The van der Waals surface area contributed by atoms with Crippen molar-refractivity contribution in [2.45, 2.75) is 44.9 Å². The highest BCUT2D eigenvalue weighted by Crippen LogP contribution is 2.29. The minimum atomic E-state index is -0.299. The molecule has 3 N–H and O–H groups in total. The lowest BCUT2D eigenvalue weighted by molar-refractivity contribution is 0.140. The molecule has 1 aromatic rings. The van der Waals surface area contributed by atoms with E-state index in [9.17, 15) is 5.11 Å². The first-order valence-electron chi connectivity index (χ1n) is 6.85. The van der Waals surface area contributed by atoms with Gasteiger partial charge in [-0.3, -0.25) is 4.90 Å². The van der Waals surface area contributed by atoms with E-state index in [1.165, 1.54) is 0 Å². The van der Waals surface area contributed by atoms with Gasteiger partial charge in [-0.15, -0.1) is 0 Å². The number of aliphatic hydroxyl groups excluding tert-OH is 1. The Labute approximate surface area is 121 Å². The van der Waals surface area contributed by atoms with Crippen molar-refractivity contribution in [3.05, 3.63) is 34.9 Å². The van der Waals surface area contributed by atoms with E-state index in [4.69, 9.17) is 17.3 Å². The van der Waals surface area contributed by atoms with Crippen LogP contribution < -0.4 is 5.73 Å². The summed E-state index contributed by atoms with van der Waals surface area (Å²) in [4.78, 5) is 2.18. The zero-order valence-electron chi connectivity index (χ0n) is 12.0. The molecule has 0 heterocycles. The third-order valence-electron chi connectivity index (χ3n) is 3.48. The number of hydrogen-bond acceptors (Lipinski definition) is 3. The van der Waals surface area contributed by atoms with Crippen molar-refractivity contribution in [1.82, 2.24) is 4.90 Å². The van der Waals surface area contributed by atoms with Crippen molar-refractivity contribution in [1.29, 1.82) is 0 Å². The van der Waals surface area contributed by atoms with Gasteiger partial charge >= 0.3 is 0 Å². The van der Waals surface area contributed by atoms with E-state index in [-0.39, 0.29) is 18.2 Å². The highest BCUT2D eigenvalue weighted by molar-refractivity contribution is 6.31. The maximum absolute atomic E-state index is 9.42. The Kier molecular flexibility index (Phi) is 6.80. The van der Waals surface area contributed by atoms with Gasteiger partial charge < -0.3 is 10.8 Å². The van der Waals surface area contributed by atoms with Crippen molar-refractivity contribution in [2.75, 3.05) is 13.6 Å². The molecule has 3 unspecified atom stereocenters. The molecule has 0 radical (unpaired) electrons. The number of likely N-dealkylation sites (N-methyl/N-ethyl adjacent to an activating group) is 1. The molecule has 0 spiro atoms. The van der Waals surface area contributed by atoms with E-state index in [0.29, 0.717) is 0 Å². The van der Waals surface area contributed by atoms with Crippen LogP contribution >= 0.6 is 11.6 Å². The maximum Gasteiger partial charge on any atom is 0.0524 e. The second-order valence-corrected chi connectivity index (χ2v) is 5.56. The van der Waals surface area contributed by atoms with Crippen LogP contribution in [0.5, 0.6) is 0 Å². The van der Waals surface area contributed by atoms with Crippen molar-refractivity contribution >= 4 is 11.6 Å². The topological polar surface area (TPSA) is 49.5 Å². The van der Waals surface area contributed by atoms with Crippen LogP contribution in [0.1, 0.15) is 38.3 Å². The second kappa shape index (κ2) is 7.85. The van der Waals surface area contributed by atoms with E-state index in [2.05, 4.69) is 11.8 Å². The van der Waals surface area contributed by atoms with Crippen LogP contribution in [0.15, 0.2) is 24.3 Å². The molecule has 0 saturated heterocycles. The summed E-state index contributed by atoms with van der Waals surface area (Å²) < 4.78 is 0. The van der Waals surface area contributed by atoms with Crippen LogP contribution in [-0.2, 0) is 0 Å². The van der Waals surface area contributed by atoms with Gasteiger partial charge in [-0.2, -0.15) is 0 Å². The standard InChI is InChI=1S/C15H25ClN2O/c1-4-14(17)15(18(3)10-9-11(2)19)12-7-5-6-8-13(12)16/h5-8,11,14-15,19H,4,9-10,17H2,1-3H3. The fraction of sp³-hybridized carbons (Fsp3) is 0.600. The molecular formula is C15H25ClN2O. The second-order valence-electron chi connectivity index (χ2n) is 5.16. The lowest BCUT2D eigenvalue weighted by atomic mass is 9.96. The van der Waals surface area contributed by atoms with Crippen LogP contribution in [0.2, 0.25) is 5.02 Å². The Balaban J connectivity index is 2.92. The van der Waals surface area contributed by atoms with Gasteiger partial charge in [0, 0.05) is 17.6 Å². The zero-order chi connectivity index (χ0) is 14.4. The lowest BCUT2D eigenvalue weighted by Gasteiger charge is -2.33. The molecule has 4 heteroatoms. The van der Waals surface area contributed by atoms with Crippen LogP contribution in [0.25, 0.3) is 0 Å². The summed E-state index contributed by atoms with van der Waals surface area (Å²) in [6.07, 6.45) is 1.31. The Bertz CT molecular complexity index is 384. The average Bonchev–Trinajstić information content (AvgIpc) is 2.38. The van der Waals surface area contributed by atoms with Crippen molar-refractivity contribution in [3.63, 3.8) is 0 Å². The number of rotatable bonds is 7. The smallest absolute Gasteiger partial charge is 0.0524 e. The minimum absolute atomic E-state index is 0.0268. The molecule has 0 aliphatic carbocycles. The van der Waals surface area contributed by atoms with Gasteiger partial charge in [0.25, 0.3) is 0 Å². The molecule has 0 aromatic heterocycles. The number of nitrogens with two attached hydrogens (primary N) is 1. The summed E-state index contributed by atoms with van der Waals surface area (Å²) in [6.45, 7) is 4.68. The number of halogens is 1. The van der Waals surface area contributed by atoms with Gasteiger partial charge in [0.15, 0.2) is 0 Å². The van der Waals surface area contributed by atoms with Crippen molar-refractivity contribution in [3.8, 4) is 0 Å². The fourth-order valence-corrected chi connectivity index (χ4v) is 2.51. The third-order valence-corrected chi connectivity index (χ3v) is 3.82. The molecule has 108 valence electrons. The molecule has 1 rings (SSSR count). The van der Waals surface area contributed by atoms with Gasteiger partial charge in [-0.25, -0.2) is 0 Å². The molecule has 3 atom stereocenters. The van der Waals surface area contributed by atoms with E-state index in [1.54, 1.807) is 6.92 Å². The first kappa shape index (κ1) is 16.4. The first-order chi connectivity index (χ1) is 8.97. The predicted molar refractivity (Wildman–Crippen MR) is 81.4 cm³/mol. The van der Waals surface area contributed by atoms with Gasteiger partial charge in [-0.05, 0) is 38.4 Å². The molecule has 3 nitrogen and oxygen atoms in total. The Morgan fingerprint density at radius 2 is 2.00 bits per heavy atom. The molecule has 0 bridgehead atoms.